The number of methoxy groups -OCH3 is 2. The number of aryl methyl sites for hydroxylation is 1. The van der Waals surface area contributed by atoms with E-state index in [-0.39, 0.29) is 24.3 Å². The average molecular weight is 605 g/mol. The van der Waals surface area contributed by atoms with Gasteiger partial charge < -0.3 is 13.9 Å². The summed E-state index contributed by atoms with van der Waals surface area (Å²) >= 11 is 6.03. The zero-order valence-corrected chi connectivity index (χ0v) is 26.2. The molecule has 0 saturated carbocycles. The number of benzene rings is 1. The molecule has 0 amide bonds. The summed E-state index contributed by atoms with van der Waals surface area (Å²) in [6, 6.07) is 11.5. The van der Waals surface area contributed by atoms with Gasteiger partial charge in [-0.25, -0.2) is 12.7 Å². The van der Waals surface area contributed by atoms with Gasteiger partial charge in [0.1, 0.15) is 6.10 Å². The number of nitrogens with zero attached hydrogens (tertiary/aromatic N) is 4. The highest BCUT2D eigenvalue weighted by Crippen LogP contribution is 2.36. The highest BCUT2D eigenvalue weighted by atomic mass is 35.5. The van der Waals surface area contributed by atoms with E-state index in [1.807, 2.05) is 24.3 Å². The minimum Gasteiger partial charge on any atom is -0.461 e. The van der Waals surface area contributed by atoms with Crippen molar-refractivity contribution in [3.8, 4) is 11.6 Å². The molecule has 0 N–H and O–H groups in total. The first kappa shape index (κ1) is 30.3. The first-order chi connectivity index (χ1) is 19.0. The van der Waals surface area contributed by atoms with Crippen LogP contribution in [0.15, 0.2) is 64.8 Å². The van der Waals surface area contributed by atoms with Crippen molar-refractivity contribution >= 4 is 41.3 Å². The lowest BCUT2D eigenvalue weighted by molar-refractivity contribution is 0.143. The summed E-state index contributed by atoms with van der Waals surface area (Å²) < 4.78 is 48.5. The molecule has 12 heteroatoms. The molecule has 216 valence electrons. The van der Waals surface area contributed by atoms with Gasteiger partial charge in [0, 0.05) is 39.4 Å². The monoisotopic (exact) mass is 604 g/mol. The molecule has 2 aromatic heterocycles. The van der Waals surface area contributed by atoms with Crippen molar-refractivity contribution in [3.05, 3.63) is 71.0 Å². The first-order valence-corrected chi connectivity index (χ1v) is 18.9. The van der Waals surface area contributed by atoms with Crippen LogP contribution in [0.1, 0.15) is 12.0 Å². The van der Waals surface area contributed by atoms with Crippen LogP contribution in [0.2, 0.25) is 30.7 Å². The molecule has 0 bridgehead atoms. The number of hydrogen-bond acceptors (Lipinski definition) is 7. The molecule has 4 rings (SSSR count). The van der Waals surface area contributed by atoms with E-state index >= 15 is 0 Å². The number of halogens is 1. The topological polar surface area (TPSA) is 99.7 Å². The number of aromatic nitrogens is 3. The lowest BCUT2D eigenvalue weighted by Crippen LogP contribution is -2.40. The first-order valence-electron chi connectivity index (χ1n) is 13.2. The number of rotatable bonds is 13. The minimum atomic E-state index is -3.82. The van der Waals surface area contributed by atoms with E-state index < -0.39 is 18.1 Å². The normalized spacial score (nSPS) is 16.1. The fraction of sp³-hybridized carbons (Fsp3) is 0.429. The van der Waals surface area contributed by atoms with E-state index in [0.717, 1.165) is 22.9 Å². The second kappa shape index (κ2) is 12.9. The largest absolute Gasteiger partial charge is 0.461 e. The molecule has 1 aliphatic rings. The Morgan fingerprint density at radius 2 is 1.90 bits per heavy atom. The van der Waals surface area contributed by atoms with Crippen LogP contribution < -0.4 is 4.31 Å². The summed E-state index contributed by atoms with van der Waals surface area (Å²) in [6.07, 6.45) is 6.13. The maximum atomic E-state index is 14.1. The Morgan fingerprint density at radius 3 is 2.52 bits per heavy atom. The molecule has 9 nitrogen and oxygen atoms in total. The average Bonchev–Trinajstić information content (AvgIpc) is 3.58. The lowest BCUT2D eigenvalue weighted by atomic mass is 10.0. The zero-order chi connectivity index (χ0) is 28.9. The Kier molecular flexibility index (Phi) is 9.73. The molecule has 0 aliphatic heterocycles. The van der Waals surface area contributed by atoms with Crippen LogP contribution in [0.25, 0.3) is 17.3 Å². The predicted molar refractivity (Wildman–Crippen MR) is 162 cm³/mol. The summed E-state index contributed by atoms with van der Waals surface area (Å²) in [5, 5.41) is 9.55. The minimum absolute atomic E-state index is 0.0964. The van der Waals surface area contributed by atoms with E-state index in [9.17, 15) is 8.42 Å². The van der Waals surface area contributed by atoms with Crippen LogP contribution in [0.5, 0.6) is 0 Å². The Hall–Kier alpha value is -2.70. The van der Waals surface area contributed by atoms with Crippen molar-refractivity contribution in [1.82, 2.24) is 14.8 Å². The predicted octanol–water partition coefficient (Wildman–Crippen LogP) is 5.74. The number of sulfonamides is 1. The summed E-state index contributed by atoms with van der Waals surface area (Å²) in [7, 11) is -2.20. The summed E-state index contributed by atoms with van der Waals surface area (Å²) in [5.41, 5.74) is 2.46. The van der Waals surface area contributed by atoms with Crippen LogP contribution in [-0.2, 0) is 25.9 Å². The van der Waals surface area contributed by atoms with Gasteiger partial charge in [-0.05, 0) is 48.7 Å². The van der Waals surface area contributed by atoms with Gasteiger partial charge in [-0.3, -0.25) is 4.57 Å². The van der Waals surface area contributed by atoms with Gasteiger partial charge in [0.05, 0.1) is 24.3 Å². The van der Waals surface area contributed by atoms with Gasteiger partial charge in [-0.15, -0.1) is 10.2 Å². The van der Waals surface area contributed by atoms with Gasteiger partial charge in [-0.2, -0.15) is 0 Å². The maximum Gasteiger partial charge on any atom is 0.245 e. The Bertz CT molecular complexity index is 1440. The fourth-order valence-corrected chi connectivity index (χ4v) is 7.18. The summed E-state index contributed by atoms with van der Waals surface area (Å²) in [4.78, 5) is 0. The molecule has 1 aliphatic carbocycles. The van der Waals surface area contributed by atoms with Crippen LogP contribution in [0.4, 0.5) is 5.95 Å². The Labute approximate surface area is 242 Å². The van der Waals surface area contributed by atoms with Crippen molar-refractivity contribution in [2.45, 2.75) is 44.6 Å². The van der Waals surface area contributed by atoms with Crippen molar-refractivity contribution in [3.63, 3.8) is 0 Å². The number of hydrogen-bond donors (Lipinski definition) is 0. The highest BCUT2D eigenvalue weighted by Gasteiger charge is 2.35. The van der Waals surface area contributed by atoms with E-state index in [1.165, 1.54) is 4.31 Å². The van der Waals surface area contributed by atoms with Crippen molar-refractivity contribution in [2.75, 3.05) is 37.4 Å². The molecule has 0 fully saturated rings. The summed E-state index contributed by atoms with van der Waals surface area (Å²) in [5.74, 6) is 0.977. The third-order valence-corrected chi connectivity index (χ3v) is 10.4. The van der Waals surface area contributed by atoms with E-state index in [2.05, 4.69) is 29.8 Å². The second-order valence-electron chi connectivity index (χ2n) is 10.9. The molecule has 1 atom stereocenters. The summed E-state index contributed by atoms with van der Waals surface area (Å²) in [6.45, 7) is 7.25. The quantitative estimate of drug-likeness (QED) is 0.229. The highest BCUT2D eigenvalue weighted by molar-refractivity contribution is 7.92. The molecular weight excluding hydrogens is 568 g/mol. The van der Waals surface area contributed by atoms with Crippen molar-refractivity contribution in [2.24, 2.45) is 0 Å². The Morgan fingerprint density at radius 1 is 1.15 bits per heavy atom. The van der Waals surface area contributed by atoms with Gasteiger partial charge >= 0.3 is 0 Å². The smallest absolute Gasteiger partial charge is 0.245 e. The molecule has 0 saturated heterocycles. The van der Waals surface area contributed by atoms with Gasteiger partial charge in [0.25, 0.3) is 0 Å². The van der Waals surface area contributed by atoms with Crippen molar-refractivity contribution < 1.29 is 22.3 Å². The molecule has 40 heavy (non-hydrogen) atoms. The third-order valence-electron chi connectivity index (χ3n) is 6.70. The second-order valence-corrected chi connectivity index (χ2v) is 19.0. The van der Waals surface area contributed by atoms with Crippen LogP contribution in [-0.4, -0.2) is 70.5 Å². The van der Waals surface area contributed by atoms with Gasteiger partial charge in [0.15, 0.2) is 5.76 Å². The van der Waals surface area contributed by atoms with Crippen molar-refractivity contribution in [1.29, 1.82) is 0 Å². The number of anilines is 1. The molecule has 0 radical (unpaired) electrons. The molecule has 1 aromatic carbocycles. The van der Waals surface area contributed by atoms with E-state index in [4.69, 9.17) is 25.5 Å². The third kappa shape index (κ3) is 7.13. The Balaban J connectivity index is 1.87. The van der Waals surface area contributed by atoms with Crippen LogP contribution in [0.3, 0.4) is 0 Å². The number of ether oxygens (including phenoxy) is 2. The van der Waals surface area contributed by atoms with E-state index in [1.54, 1.807) is 49.3 Å². The molecule has 2 heterocycles. The lowest BCUT2D eigenvalue weighted by Gasteiger charge is -2.30. The standard InChI is InChI=1S/C28H37ClN4O5SSi/c1-36-20-22-8-6-9-24(37-2)26(22)33-27(25-10-7-17-38-25)30-31-28(33)32(16-19-40(3,4)5)39(34,35)18-15-21-11-13-23(29)14-12-21/h6-8,10-14,17,24H,9,15-16,18-20H2,1-5H3/t24-/m0/s1. The molecule has 0 spiro atoms. The van der Waals surface area contributed by atoms with Crippen LogP contribution in [0, 0.1) is 0 Å². The molecule has 3 aromatic rings. The zero-order valence-electron chi connectivity index (χ0n) is 23.6. The number of furan rings is 1. The van der Waals surface area contributed by atoms with Crippen LogP contribution >= 0.6 is 11.6 Å². The molecule has 0 unspecified atom stereocenters. The van der Waals surface area contributed by atoms with Gasteiger partial charge in [0.2, 0.25) is 21.8 Å². The van der Waals surface area contributed by atoms with Gasteiger partial charge in [-0.1, -0.05) is 55.5 Å². The van der Waals surface area contributed by atoms with E-state index in [0.29, 0.717) is 36.1 Å². The molecular formula is C28H37ClN4O5SSi. The maximum absolute atomic E-state index is 14.1. The SMILES string of the molecule is COCC1=C(n2c(-c3ccco3)nnc2N(CC[Si](C)(C)C)S(=O)(=O)CCc2ccc(Cl)cc2)[C@@H](OC)CC=C1. The fourth-order valence-electron chi connectivity index (χ4n) is 4.54.